The van der Waals surface area contributed by atoms with E-state index in [0.29, 0.717) is 23.2 Å². The number of unbranched alkanes of at least 4 members (excludes halogenated alkanes) is 1. The topological polar surface area (TPSA) is 97.8 Å². The Morgan fingerprint density at radius 3 is 2.73 bits per heavy atom. The molecule has 0 bridgehead atoms. The maximum Gasteiger partial charge on any atom is 0.254 e. The van der Waals surface area contributed by atoms with Crippen molar-refractivity contribution in [1.82, 2.24) is 20.5 Å². The van der Waals surface area contributed by atoms with E-state index in [0.717, 1.165) is 68.0 Å². The molecule has 0 radical (unpaired) electrons. The number of carbonyl (C=O) groups is 2. The molecule has 2 fully saturated rings. The Bertz CT molecular complexity index is 1440. The van der Waals surface area contributed by atoms with Gasteiger partial charge in [-0.2, -0.15) is 0 Å². The van der Waals surface area contributed by atoms with Crippen LogP contribution < -0.4 is 15.5 Å². The Morgan fingerprint density at radius 2 is 2.02 bits per heavy atom. The van der Waals surface area contributed by atoms with Gasteiger partial charge in [-0.1, -0.05) is 25.5 Å². The molecule has 4 unspecified atom stereocenters. The first kappa shape index (κ1) is 32.1. The summed E-state index contributed by atoms with van der Waals surface area (Å²) in [5.41, 5.74) is 3.23. The van der Waals surface area contributed by atoms with Crippen LogP contribution in [0.3, 0.4) is 0 Å². The number of amides is 2. The molecular weight excluding hydrogens is 577 g/mol. The second-order valence-electron chi connectivity index (χ2n) is 12.1. The highest BCUT2D eigenvalue weighted by Gasteiger charge is 2.34. The van der Waals surface area contributed by atoms with Crippen LogP contribution in [0.4, 0.5) is 10.1 Å². The van der Waals surface area contributed by atoms with E-state index >= 15 is 0 Å². The number of aromatic nitrogens is 1. The molecule has 0 aliphatic carbocycles. The smallest absolute Gasteiger partial charge is 0.254 e. The highest BCUT2D eigenvalue weighted by atomic mass is 32.1. The van der Waals surface area contributed by atoms with Gasteiger partial charge < -0.3 is 25.5 Å². The van der Waals surface area contributed by atoms with Crippen LogP contribution in [0.2, 0.25) is 0 Å². The Labute approximate surface area is 263 Å². The molecule has 2 aliphatic rings. The quantitative estimate of drug-likeness (QED) is 0.255. The van der Waals surface area contributed by atoms with E-state index in [1.165, 1.54) is 12.1 Å². The molecular formula is C34H44FN5O3S. The minimum atomic E-state index is -0.867. The fourth-order valence-electron chi connectivity index (χ4n) is 6.28. The second kappa shape index (κ2) is 14.6. The van der Waals surface area contributed by atoms with E-state index in [1.807, 2.05) is 36.4 Å². The Balaban J connectivity index is 1.44. The fourth-order valence-corrected chi connectivity index (χ4v) is 7.22. The Kier molecular flexibility index (Phi) is 10.7. The predicted molar refractivity (Wildman–Crippen MR) is 173 cm³/mol. The molecule has 5 rings (SSSR count). The van der Waals surface area contributed by atoms with E-state index in [-0.39, 0.29) is 36.1 Å². The lowest BCUT2D eigenvalue weighted by atomic mass is 9.95. The van der Waals surface area contributed by atoms with Gasteiger partial charge in [-0.25, -0.2) is 9.37 Å². The van der Waals surface area contributed by atoms with Crippen molar-refractivity contribution < 1.29 is 19.1 Å². The average Bonchev–Trinajstić information content (AvgIpc) is 3.81. The lowest BCUT2D eigenvalue weighted by Crippen LogP contribution is -2.52. The zero-order valence-electron chi connectivity index (χ0n) is 25.9. The molecule has 3 aromatic rings. The van der Waals surface area contributed by atoms with Crippen molar-refractivity contribution in [1.29, 1.82) is 0 Å². The summed E-state index contributed by atoms with van der Waals surface area (Å²) < 4.78 is 14.0. The van der Waals surface area contributed by atoms with Gasteiger partial charge in [0, 0.05) is 54.1 Å². The first-order valence-electron chi connectivity index (χ1n) is 15.8. The predicted octanol–water partition coefficient (Wildman–Crippen LogP) is 5.26. The number of rotatable bonds is 12. The molecule has 8 nitrogen and oxygen atoms in total. The van der Waals surface area contributed by atoms with Crippen LogP contribution in [0.1, 0.15) is 88.5 Å². The van der Waals surface area contributed by atoms with Crippen molar-refractivity contribution in [2.45, 2.75) is 83.0 Å². The van der Waals surface area contributed by atoms with E-state index in [2.05, 4.69) is 27.4 Å². The van der Waals surface area contributed by atoms with Crippen molar-refractivity contribution >= 4 is 28.8 Å². The number of hydrogen-bond acceptors (Lipinski definition) is 7. The average molecular weight is 622 g/mol. The molecule has 0 spiro atoms. The molecule has 2 aromatic carbocycles. The molecule has 3 N–H and O–H groups in total. The molecule has 0 saturated carbocycles. The van der Waals surface area contributed by atoms with Crippen LogP contribution in [0.15, 0.2) is 47.8 Å². The Hall–Kier alpha value is -3.34. The van der Waals surface area contributed by atoms with Crippen LogP contribution in [0.5, 0.6) is 0 Å². The van der Waals surface area contributed by atoms with Crippen molar-refractivity contribution in [3.05, 3.63) is 81.1 Å². The summed E-state index contributed by atoms with van der Waals surface area (Å²) in [6.07, 6.45) is 4.89. The third-order valence-electron chi connectivity index (χ3n) is 8.73. The lowest BCUT2D eigenvalue weighted by molar-refractivity contribution is 0.0733. The number of carbonyl (C=O) groups excluding carboxylic acids is 2. The highest BCUT2D eigenvalue weighted by molar-refractivity contribution is 7.09. The van der Waals surface area contributed by atoms with E-state index in [1.54, 1.807) is 29.5 Å². The number of likely N-dealkylation sites (tertiary alicyclic amines) is 1. The van der Waals surface area contributed by atoms with Crippen LogP contribution in [0.25, 0.3) is 0 Å². The van der Waals surface area contributed by atoms with Gasteiger partial charge >= 0.3 is 0 Å². The number of hydrogen-bond donors (Lipinski definition) is 3. The monoisotopic (exact) mass is 621 g/mol. The van der Waals surface area contributed by atoms with E-state index in [9.17, 15) is 19.1 Å². The summed E-state index contributed by atoms with van der Waals surface area (Å²) in [4.78, 5) is 36.6. The number of aliphatic hydroxyl groups excluding tert-OH is 1. The summed E-state index contributed by atoms with van der Waals surface area (Å²) in [7, 11) is 1.97. The summed E-state index contributed by atoms with van der Waals surface area (Å²) in [6, 6.07) is 10.7. The van der Waals surface area contributed by atoms with Gasteiger partial charge in [-0.3, -0.25) is 9.59 Å². The molecule has 44 heavy (non-hydrogen) atoms. The number of aryl methyl sites for hydroxylation is 1. The van der Waals surface area contributed by atoms with Gasteiger partial charge in [0.05, 0.1) is 18.2 Å². The number of nitrogens with zero attached hydrogens (tertiary/aromatic N) is 3. The first-order valence-corrected chi connectivity index (χ1v) is 16.7. The van der Waals surface area contributed by atoms with Gasteiger partial charge in [-0.05, 0) is 87.9 Å². The van der Waals surface area contributed by atoms with Crippen molar-refractivity contribution in [3.63, 3.8) is 0 Å². The van der Waals surface area contributed by atoms with Crippen molar-refractivity contribution in [2.24, 2.45) is 0 Å². The first-order chi connectivity index (χ1) is 21.2. The summed E-state index contributed by atoms with van der Waals surface area (Å²) in [5.74, 6) is -0.858. The fraction of sp³-hybridized carbons (Fsp3) is 0.500. The van der Waals surface area contributed by atoms with Crippen LogP contribution in [-0.4, -0.2) is 71.7 Å². The van der Waals surface area contributed by atoms with Crippen molar-refractivity contribution in [2.75, 3.05) is 31.6 Å². The molecule has 10 heteroatoms. The largest absolute Gasteiger partial charge is 0.389 e. The molecule has 236 valence electrons. The second-order valence-corrected chi connectivity index (χ2v) is 13.0. The molecule has 2 amide bonds. The van der Waals surface area contributed by atoms with E-state index < -0.39 is 12.1 Å². The minimum Gasteiger partial charge on any atom is -0.389 e. The summed E-state index contributed by atoms with van der Waals surface area (Å²) in [5, 5.41) is 20.7. The number of halogens is 1. The standard InChI is InChI=1S/C34H44FN5O3S/c1-4-5-14-39(3)27-19-24(18-25(20-27)34(43)40-15-8-12-30(40)33-37-22(2)21-44-33)32(42)38-29(31(41)28-11-7-13-36-28)17-23-9-6-10-26(35)16-23/h6,9-10,16,18-21,28-31,36,41H,4-5,7-8,11-15,17H2,1-3H3,(H,38,42). The van der Waals surface area contributed by atoms with Gasteiger partial charge in [0.1, 0.15) is 10.8 Å². The third-order valence-corrected chi connectivity index (χ3v) is 9.80. The summed E-state index contributed by atoms with van der Waals surface area (Å²) in [6.45, 7) is 6.31. The van der Waals surface area contributed by atoms with Gasteiger partial charge in [0.15, 0.2) is 0 Å². The Morgan fingerprint density at radius 1 is 1.20 bits per heavy atom. The van der Waals surface area contributed by atoms with Gasteiger partial charge in [-0.15, -0.1) is 11.3 Å². The molecule has 4 atom stereocenters. The lowest BCUT2D eigenvalue weighted by Gasteiger charge is -2.29. The van der Waals surface area contributed by atoms with Crippen molar-refractivity contribution in [3.8, 4) is 0 Å². The zero-order chi connectivity index (χ0) is 31.2. The normalized spacial score (nSPS) is 19.6. The van der Waals surface area contributed by atoms with Crippen LogP contribution >= 0.6 is 11.3 Å². The molecule has 1 aromatic heterocycles. The zero-order valence-corrected chi connectivity index (χ0v) is 26.7. The van der Waals surface area contributed by atoms with Crippen LogP contribution in [0, 0.1) is 12.7 Å². The number of aliphatic hydroxyl groups is 1. The minimum absolute atomic E-state index is 0.0790. The SMILES string of the molecule is CCCCN(C)c1cc(C(=O)NC(Cc2cccc(F)c2)C(O)C2CCCN2)cc(C(=O)N2CCCC2c2nc(C)cs2)c1. The van der Waals surface area contributed by atoms with Gasteiger partial charge in [0.25, 0.3) is 11.8 Å². The number of nitrogens with one attached hydrogen (secondary N) is 2. The summed E-state index contributed by atoms with van der Waals surface area (Å²) >= 11 is 1.58. The maximum absolute atomic E-state index is 14.0. The molecule has 2 saturated heterocycles. The molecule has 2 aliphatic heterocycles. The van der Waals surface area contributed by atoms with E-state index in [4.69, 9.17) is 0 Å². The third kappa shape index (κ3) is 7.65. The highest BCUT2D eigenvalue weighted by Crippen LogP contribution is 2.35. The van der Waals surface area contributed by atoms with Crippen LogP contribution in [-0.2, 0) is 6.42 Å². The number of benzene rings is 2. The molecule has 3 heterocycles. The number of anilines is 1. The number of thiazole rings is 1. The van der Waals surface area contributed by atoms with Gasteiger partial charge in [0.2, 0.25) is 0 Å². The maximum atomic E-state index is 14.0.